The van der Waals surface area contributed by atoms with E-state index in [1.54, 1.807) is 30.3 Å². The topological polar surface area (TPSA) is 135 Å². The highest BCUT2D eigenvalue weighted by Crippen LogP contribution is 2.44. The lowest BCUT2D eigenvalue weighted by atomic mass is 9.97. The number of ether oxygens (including phenoxy) is 1. The zero-order valence-corrected chi connectivity index (χ0v) is 25.3. The van der Waals surface area contributed by atoms with E-state index in [2.05, 4.69) is 10.3 Å². The van der Waals surface area contributed by atoms with Crippen LogP contribution in [0.25, 0.3) is 44.9 Å². The van der Waals surface area contributed by atoms with Gasteiger partial charge in [-0.2, -0.15) is 0 Å². The summed E-state index contributed by atoms with van der Waals surface area (Å²) in [6.45, 7) is 0. The molecule has 6 rings (SSSR count). The minimum Gasteiger partial charge on any atom is -0.496 e. The van der Waals surface area contributed by atoms with E-state index < -0.39 is 27.9 Å². The molecule has 228 valence electrons. The molecule has 0 radical (unpaired) electrons. The molecule has 44 heavy (non-hydrogen) atoms. The largest absolute Gasteiger partial charge is 0.496 e. The van der Waals surface area contributed by atoms with Crippen molar-refractivity contribution in [3.8, 4) is 39.7 Å². The molecule has 0 fully saturated rings. The second-order valence-corrected chi connectivity index (χ2v) is 12.7. The van der Waals surface area contributed by atoms with Gasteiger partial charge in [0.05, 0.1) is 36.3 Å². The number of benzene rings is 3. The Morgan fingerprint density at radius 3 is 2.48 bits per heavy atom. The number of aromatic nitrogens is 1. The molecular formula is C32H30FN3O7S. The maximum absolute atomic E-state index is 13.7. The SMILES string of the molecule is CNC(=O)c1c(-c2ccc(F)cc2)oc2cc(N(C)S(C)(=O)=O)c(-c3ccc(OC)c(-c4nc5c(o4)CCCC5O)c3)cc12. The number of oxazole rings is 1. The smallest absolute Gasteiger partial charge is 0.255 e. The van der Waals surface area contributed by atoms with Crippen LogP contribution in [0.15, 0.2) is 63.4 Å². The number of sulfonamides is 1. The van der Waals surface area contributed by atoms with Crippen molar-refractivity contribution in [2.24, 2.45) is 0 Å². The first-order valence-corrected chi connectivity index (χ1v) is 15.7. The van der Waals surface area contributed by atoms with E-state index in [1.807, 2.05) is 0 Å². The number of carbonyl (C=O) groups is 1. The third-order valence-corrected chi connectivity index (χ3v) is 9.06. The molecule has 0 bridgehead atoms. The fraction of sp³-hybridized carbons (Fsp3) is 0.250. The lowest BCUT2D eigenvalue weighted by Crippen LogP contribution is -2.25. The quantitative estimate of drug-likeness (QED) is 0.237. The Labute approximate surface area is 253 Å². The van der Waals surface area contributed by atoms with Gasteiger partial charge in [0, 0.05) is 43.1 Å². The summed E-state index contributed by atoms with van der Waals surface area (Å²) in [4.78, 5) is 17.8. The van der Waals surface area contributed by atoms with E-state index in [9.17, 15) is 22.7 Å². The first kappa shape index (κ1) is 29.4. The predicted octanol–water partition coefficient (Wildman–Crippen LogP) is 5.69. The van der Waals surface area contributed by atoms with Gasteiger partial charge in [-0.1, -0.05) is 6.07 Å². The van der Waals surface area contributed by atoms with Gasteiger partial charge in [-0.25, -0.2) is 17.8 Å². The summed E-state index contributed by atoms with van der Waals surface area (Å²) in [5.41, 5.74) is 3.31. The van der Waals surface area contributed by atoms with Crippen molar-refractivity contribution in [1.82, 2.24) is 10.3 Å². The van der Waals surface area contributed by atoms with Crippen molar-refractivity contribution in [2.45, 2.75) is 25.4 Å². The third-order valence-electron chi connectivity index (χ3n) is 7.87. The molecule has 2 N–H and O–H groups in total. The molecule has 5 aromatic rings. The van der Waals surface area contributed by atoms with Gasteiger partial charge < -0.3 is 24.0 Å². The van der Waals surface area contributed by atoms with Gasteiger partial charge in [-0.05, 0) is 60.9 Å². The van der Waals surface area contributed by atoms with Crippen molar-refractivity contribution >= 4 is 32.6 Å². The number of hydrogen-bond donors (Lipinski definition) is 2. The molecule has 1 unspecified atom stereocenters. The van der Waals surface area contributed by atoms with Crippen molar-refractivity contribution < 1.29 is 36.3 Å². The Morgan fingerprint density at radius 1 is 1.09 bits per heavy atom. The molecule has 2 heterocycles. The summed E-state index contributed by atoms with van der Waals surface area (Å²) < 4.78 is 58.3. The predicted molar refractivity (Wildman–Crippen MR) is 164 cm³/mol. The number of furan rings is 1. The first-order valence-electron chi connectivity index (χ1n) is 13.9. The number of rotatable bonds is 7. The van der Waals surface area contributed by atoms with Gasteiger partial charge in [0.2, 0.25) is 15.9 Å². The fourth-order valence-electron chi connectivity index (χ4n) is 5.51. The van der Waals surface area contributed by atoms with Crippen LogP contribution in [0.3, 0.4) is 0 Å². The fourth-order valence-corrected chi connectivity index (χ4v) is 6.02. The van der Waals surface area contributed by atoms with Gasteiger partial charge in [-0.15, -0.1) is 0 Å². The van der Waals surface area contributed by atoms with Gasteiger partial charge in [-0.3, -0.25) is 9.10 Å². The summed E-state index contributed by atoms with van der Waals surface area (Å²) in [5.74, 6) is 0.687. The minimum atomic E-state index is -3.73. The number of nitrogens with one attached hydrogen (secondary N) is 1. The van der Waals surface area contributed by atoms with Crippen molar-refractivity contribution in [1.29, 1.82) is 0 Å². The second kappa shape index (κ2) is 11.1. The number of aryl methyl sites for hydroxylation is 1. The summed E-state index contributed by atoms with van der Waals surface area (Å²) in [6.07, 6.45) is 2.39. The number of halogens is 1. The van der Waals surface area contributed by atoms with Crippen molar-refractivity contribution in [3.63, 3.8) is 0 Å². The number of anilines is 1. The third kappa shape index (κ3) is 5.09. The monoisotopic (exact) mass is 619 g/mol. The number of amides is 1. The molecule has 12 heteroatoms. The maximum Gasteiger partial charge on any atom is 0.255 e. The highest BCUT2D eigenvalue weighted by molar-refractivity contribution is 7.92. The molecule has 1 amide bonds. The average Bonchev–Trinajstić information content (AvgIpc) is 3.62. The van der Waals surface area contributed by atoms with Crippen LogP contribution in [0.2, 0.25) is 0 Å². The van der Waals surface area contributed by atoms with Crippen LogP contribution in [0.1, 0.15) is 40.8 Å². The highest BCUT2D eigenvalue weighted by atomic mass is 32.2. The molecule has 0 saturated heterocycles. The summed E-state index contributed by atoms with van der Waals surface area (Å²) in [6, 6.07) is 14.1. The molecule has 0 aliphatic heterocycles. The van der Waals surface area contributed by atoms with Crippen molar-refractivity contribution in [2.75, 3.05) is 31.8 Å². The average molecular weight is 620 g/mol. The molecule has 1 aliphatic rings. The number of aliphatic hydroxyl groups excluding tert-OH is 1. The molecule has 10 nitrogen and oxygen atoms in total. The Kier molecular flexibility index (Phi) is 7.42. The molecule has 1 atom stereocenters. The van der Waals surface area contributed by atoms with E-state index >= 15 is 0 Å². The minimum absolute atomic E-state index is 0.212. The zero-order valence-electron chi connectivity index (χ0n) is 24.5. The lowest BCUT2D eigenvalue weighted by molar-refractivity contribution is 0.0964. The number of methoxy groups -OCH3 is 1. The van der Waals surface area contributed by atoms with Gasteiger partial charge >= 0.3 is 0 Å². The van der Waals surface area contributed by atoms with E-state index in [0.29, 0.717) is 63.4 Å². The summed E-state index contributed by atoms with van der Waals surface area (Å²) in [7, 11) is 0.704. The van der Waals surface area contributed by atoms with Crippen LogP contribution < -0.4 is 14.4 Å². The van der Waals surface area contributed by atoms with Gasteiger partial charge in [0.1, 0.15) is 34.4 Å². The Hall–Kier alpha value is -4.68. The summed E-state index contributed by atoms with van der Waals surface area (Å²) in [5, 5.41) is 13.5. The molecule has 2 aromatic heterocycles. The van der Waals surface area contributed by atoms with Crippen LogP contribution in [0, 0.1) is 5.82 Å². The normalized spacial score (nSPS) is 14.8. The van der Waals surface area contributed by atoms with E-state index in [0.717, 1.165) is 17.0 Å². The zero-order chi connectivity index (χ0) is 31.3. The van der Waals surface area contributed by atoms with Crippen LogP contribution >= 0.6 is 0 Å². The molecule has 1 aliphatic carbocycles. The van der Waals surface area contributed by atoms with Gasteiger partial charge in [0.15, 0.2) is 0 Å². The van der Waals surface area contributed by atoms with E-state index in [-0.39, 0.29) is 22.8 Å². The molecular weight excluding hydrogens is 589 g/mol. The van der Waals surface area contributed by atoms with E-state index in [1.165, 1.54) is 45.5 Å². The second-order valence-electron chi connectivity index (χ2n) is 10.6. The molecule has 0 saturated carbocycles. The number of carbonyl (C=O) groups excluding carboxylic acids is 1. The Morgan fingerprint density at radius 2 is 1.82 bits per heavy atom. The van der Waals surface area contributed by atoms with Crippen LogP contribution in [-0.2, 0) is 16.4 Å². The van der Waals surface area contributed by atoms with Gasteiger partial charge in [0.25, 0.3) is 5.91 Å². The Balaban J connectivity index is 1.61. The highest BCUT2D eigenvalue weighted by Gasteiger charge is 2.28. The lowest BCUT2D eigenvalue weighted by Gasteiger charge is -2.21. The number of hydrogen-bond acceptors (Lipinski definition) is 8. The Bertz CT molecular complexity index is 2020. The number of aliphatic hydroxyl groups is 1. The van der Waals surface area contributed by atoms with Crippen LogP contribution in [0.5, 0.6) is 5.75 Å². The van der Waals surface area contributed by atoms with Crippen LogP contribution in [0.4, 0.5) is 10.1 Å². The van der Waals surface area contributed by atoms with E-state index in [4.69, 9.17) is 13.6 Å². The first-order chi connectivity index (χ1) is 21.0. The standard InChI is InChI=1S/C32H30FN3O7S/c1-34-31(38)28-21-15-20(18-10-13-25(41-3)22(14-18)32-35-29-24(37)6-5-7-26(29)43-32)23(36(2)44(4,39)40)16-27(21)42-30(28)17-8-11-19(33)12-9-17/h8-16,24,37H,5-7H2,1-4H3,(H,34,38). The molecule has 3 aromatic carbocycles. The number of fused-ring (bicyclic) bond motifs is 2. The maximum atomic E-state index is 13.7. The number of nitrogens with zero attached hydrogens (tertiary/aromatic N) is 2. The van der Waals surface area contributed by atoms with Crippen LogP contribution in [-0.4, -0.2) is 51.9 Å². The van der Waals surface area contributed by atoms with Crippen molar-refractivity contribution in [3.05, 3.63) is 77.4 Å². The summed E-state index contributed by atoms with van der Waals surface area (Å²) >= 11 is 0. The molecule has 0 spiro atoms.